The van der Waals surface area contributed by atoms with Gasteiger partial charge in [0.15, 0.2) is 5.88 Å². The summed E-state index contributed by atoms with van der Waals surface area (Å²) in [5.74, 6) is -0.718. The van der Waals surface area contributed by atoms with E-state index in [-0.39, 0.29) is 35.5 Å². The summed E-state index contributed by atoms with van der Waals surface area (Å²) >= 11 is 5.73. The fourth-order valence-electron chi connectivity index (χ4n) is 2.76. The van der Waals surface area contributed by atoms with Crippen LogP contribution in [0.5, 0.6) is 11.9 Å². The van der Waals surface area contributed by atoms with E-state index in [1.54, 1.807) is 0 Å². The van der Waals surface area contributed by atoms with E-state index >= 15 is 0 Å². The third kappa shape index (κ3) is 4.69. The number of nitrogens with one attached hydrogen (secondary N) is 2. The molecule has 1 aliphatic rings. The number of hydrogen-bond acceptors (Lipinski definition) is 6. The Hall–Kier alpha value is -2.61. The van der Waals surface area contributed by atoms with Gasteiger partial charge >= 0.3 is 6.01 Å². The fourth-order valence-corrected chi connectivity index (χ4v) is 2.86. The molecule has 132 valence electrons. The highest BCUT2D eigenvalue weighted by Crippen LogP contribution is 2.22. The fraction of sp³-hybridized carbons (Fsp3) is 0.375. The van der Waals surface area contributed by atoms with Crippen LogP contribution in [-0.2, 0) is 0 Å². The molecule has 1 saturated carbocycles. The number of aromatic nitrogens is 3. The Morgan fingerprint density at radius 1 is 1.24 bits per heavy atom. The highest BCUT2D eigenvalue weighted by Gasteiger charge is 2.24. The largest absolute Gasteiger partial charge is 0.494 e. The maximum atomic E-state index is 12.2. The van der Waals surface area contributed by atoms with Gasteiger partial charge in [0.1, 0.15) is 6.10 Å². The zero-order chi connectivity index (χ0) is 17.8. The molecule has 0 bridgehead atoms. The van der Waals surface area contributed by atoms with Crippen molar-refractivity contribution in [2.45, 2.75) is 37.8 Å². The number of carbonyl (C=O) groups excluding carboxylic acids is 1. The molecule has 1 amide bonds. The smallest absolute Gasteiger partial charge is 0.316 e. The highest BCUT2D eigenvalue weighted by molar-refractivity contribution is 6.30. The van der Waals surface area contributed by atoms with Gasteiger partial charge in [0.2, 0.25) is 0 Å². The first-order chi connectivity index (χ1) is 12.0. The predicted octanol–water partition coefficient (Wildman–Crippen LogP) is 1.64. The van der Waals surface area contributed by atoms with Crippen LogP contribution in [0.4, 0.5) is 0 Å². The Balaban J connectivity index is 1.51. The Labute approximate surface area is 148 Å². The summed E-state index contributed by atoms with van der Waals surface area (Å²) in [5.41, 5.74) is -0.389. The van der Waals surface area contributed by atoms with Gasteiger partial charge in [-0.2, -0.15) is 0 Å². The van der Waals surface area contributed by atoms with Gasteiger partial charge in [-0.3, -0.25) is 14.6 Å². The number of hydrogen-bond donors (Lipinski definition) is 3. The standard InChI is InChI=1S/C16H17ClN4O4/c17-10-7-18-16(19-8-10)25-12-3-1-11(2-4-12)20-15(24)9-5-13(22)21-14(23)6-9/h5-8,11-12H,1-4H2,(H,20,24)(H2,21,22,23). The second-order valence-corrected chi connectivity index (χ2v) is 6.30. The Kier molecular flexibility index (Phi) is 5.18. The molecule has 2 aromatic heterocycles. The molecule has 9 heteroatoms. The SMILES string of the molecule is O=C(NC1CCC(Oc2ncc(Cl)cn2)CC1)c1cc(O)[nH]c(=O)c1. The molecule has 0 aliphatic heterocycles. The topological polar surface area (TPSA) is 117 Å². The molecule has 8 nitrogen and oxygen atoms in total. The molecule has 2 heterocycles. The average molecular weight is 365 g/mol. The van der Waals surface area contributed by atoms with Gasteiger partial charge in [0.25, 0.3) is 11.5 Å². The molecular formula is C16H17ClN4O4. The zero-order valence-electron chi connectivity index (χ0n) is 13.2. The highest BCUT2D eigenvalue weighted by atomic mass is 35.5. The Morgan fingerprint density at radius 3 is 2.56 bits per heavy atom. The third-order valence-electron chi connectivity index (χ3n) is 3.97. The molecule has 1 fully saturated rings. The van der Waals surface area contributed by atoms with E-state index in [0.717, 1.165) is 31.7 Å². The van der Waals surface area contributed by atoms with E-state index < -0.39 is 5.56 Å². The molecule has 2 aromatic rings. The van der Waals surface area contributed by atoms with Gasteiger partial charge < -0.3 is 15.2 Å². The Bertz CT molecular complexity index is 801. The van der Waals surface area contributed by atoms with Gasteiger partial charge in [-0.1, -0.05) is 11.6 Å². The van der Waals surface area contributed by atoms with Crippen LogP contribution in [0.1, 0.15) is 36.0 Å². The molecule has 0 saturated heterocycles. The van der Waals surface area contributed by atoms with E-state index in [4.69, 9.17) is 16.3 Å². The van der Waals surface area contributed by atoms with Crippen molar-refractivity contribution in [2.75, 3.05) is 0 Å². The van der Waals surface area contributed by atoms with E-state index in [0.29, 0.717) is 5.02 Å². The predicted molar refractivity (Wildman–Crippen MR) is 89.9 cm³/mol. The molecular weight excluding hydrogens is 348 g/mol. The van der Waals surface area contributed by atoms with Crippen molar-refractivity contribution in [3.05, 3.63) is 45.5 Å². The molecule has 0 unspecified atom stereocenters. The summed E-state index contributed by atoms with van der Waals surface area (Å²) < 4.78 is 5.71. The summed E-state index contributed by atoms with van der Waals surface area (Å²) in [6, 6.07) is 2.65. The van der Waals surface area contributed by atoms with Crippen molar-refractivity contribution in [1.82, 2.24) is 20.3 Å². The van der Waals surface area contributed by atoms with Crippen LogP contribution in [0.15, 0.2) is 29.3 Å². The number of carbonyl (C=O) groups is 1. The first-order valence-electron chi connectivity index (χ1n) is 7.88. The minimum atomic E-state index is -0.523. The summed E-state index contributed by atoms with van der Waals surface area (Å²) in [5, 5.41) is 12.7. The van der Waals surface area contributed by atoms with Gasteiger partial charge in [-0.05, 0) is 25.7 Å². The maximum absolute atomic E-state index is 12.2. The van der Waals surface area contributed by atoms with Crippen LogP contribution in [0.2, 0.25) is 5.02 Å². The monoisotopic (exact) mass is 364 g/mol. The number of pyridine rings is 1. The molecule has 0 radical (unpaired) electrons. The first-order valence-corrected chi connectivity index (χ1v) is 8.26. The van der Waals surface area contributed by atoms with E-state index in [1.807, 2.05) is 0 Å². The number of nitrogens with zero attached hydrogens (tertiary/aromatic N) is 2. The van der Waals surface area contributed by atoms with Gasteiger partial charge in [0.05, 0.1) is 23.0 Å². The van der Waals surface area contributed by atoms with E-state index in [2.05, 4.69) is 20.3 Å². The lowest BCUT2D eigenvalue weighted by molar-refractivity contribution is 0.0884. The first kappa shape index (κ1) is 17.2. The molecule has 1 aliphatic carbocycles. The molecule has 3 N–H and O–H groups in total. The van der Waals surface area contributed by atoms with Crippen molar-refractivity contribution < 1.29 is 14.6 Å². The Morgan fingerprint density at radius 2 is 1.92 bits per heavy atom. The van der Waals surface area contributed by atoms with Crippen molar-refractivity contribution in [3.63, 3.8) is 0 Å². The van der Waals surface area contributed by atoms with Crippen LogP contribution in [-0.4, -0.2) is 38.1 Å². The van der Waals surface area contributed by atoms with Crippen molar-refractivity contribution in [2.24, 2.45) is 0 Å². The van der Waals surface area contributed by atoms with Crippen LogP contribution in [0, 0.1) is 0 Å². The van der Waals surface area contributed by atoms with Crippen LogP contribution in [0.25, 0.3) is 0 Å². The second kappa shape index (κ2) is 7.52. The zero-order valence-corrected chi connectivity index (χ0v) is 14.0. The number of amides is 1. The lowest BCUT2D eigenvalue weighted by atomic mass is 9.93. The van der Waals surface area contributed by atoms with Crippen molar-refractivity contribution in [3.8, 4) is 11.9 Å². The average Bonchev–Trinajstić information content (AvgIpc) is 2.58. The van der Waals surface area contributed by atoms with E-state index in [1.165, 1.54) is 18.5 Å². The maximum Gasteiger partial charge on any atom is 0.316 e. The molecule has 0 spiro atoms. The van der Waals surface area contributed by atoms with E-state index in [9.17, 15) is 14.7 Å². The van der Waals surface area contributed by atoms with Gasteiger partial charge in [-0.15, -0.1) is 0 Å². The molecule has 25 heavy (non-hydrogen) atoms. The van der Waals surface area contributed by atoms with Crippen molar-refractivity contribution >= 4 is 17.5 Å². The number of halogens is 1. The lowest BCUT2D eigenvalue weighted by Gasteiger charge is -2.28. The summed E-state index contributed by atoms with van der Waals surface area (Å²) in [6.07, 6.45) is 5.91. The number of rotatable bonds is 4. The number of aromatic amines is 1. The number of H-pyrrole nitrogens is 1. The van der Waals surface area contributed by atoms with Crippen molar-refractivity contribution in [1.29, 1.82) is 0 Å². The quantitative estimate of drug-likeness (QED) is 0.759. The third-order valence-corrected chi connectivity index (χ3v) is 4.17. The van der Waals surface area contributed by atoms with Crippen LogP contribution in [0.3, 0.4) is 0 Å². The second-order valence-electron chi connectivity index (χ2n) is 5.87. The minimum absolute atomic E-state index is 0.0140. The summed E-state index contributed by atoms with van der Waals surface area (Å²) in [7, 11) is 0. The number of aromatic hydroxyl groups is 1. The number of ether oxygens (including phenoxy) is 1. The molecule has 0 aromatic carbocycles. The van der Waals surface area contributed by atoms with Gasteiger partial charge in [-0.25, -0.2) is 9.97 Å². The van der Waals surface area contributed by atoms with Crippen LogP contribution < -0.4 is 15.6 Å². The molecule has 3 rings (SSSR count). The summed E-state index contributed by atoms with van der Waals surface area (Å²) in [6.45, 7) is 0. The summed E-state index contributed by atoms with van der Waals surface area (Å²) in [4.78, 5) is 33.7. The lowest BCUT2D eigenvalue weighted by Crippen LogP contribution is -2.40. The van der Waals surface area contributed by atoms with Gasteiger partial charge in [0, 0.05) is 18.2 Å². The molecule has 0 atom stereocenters. The minimum Gasteiger partial charge on any atom is -0.494 e. The van der Waals surface area contributed by atoms with Crippen LogP contribution >= 0.6 is 11.6 Å². The normalized spacial score (nSPS) is 20.0.